The molecule has 156 valence electrons. The summed E-state index contributed by atoms with van der Waals surface area (Å²) in [6.07, 6.45) is 0.758. The van der Waals surface area contributed by atoms with E-state index in [0.717, 1.165) is 37.9 Å². The van der Waals surface area contributed by atoms with Crippen LogP contribution in [-0.2, 0) is 12.7 Å². The normalized spacial score (nSPS) is 19.7. The van der Waals surface area contributed by atoms with Crippen molar-refractivity contribution in [3.8, 4) is 0 Å². The number of piperazine rings is 1. The van der Waals surface area contributed by atoms with Crippen molar-refractivity contribution >= 4 is 5.84 Å². The Hall–Kier alpha value is -2.94. The summed E-state index contributed by atoms with van der Waals surface area (Å²) in [6.45, 7) is 4.99. The van der Waals surface area contributed by atoms with Crippen molar-refractivity contribution < 1.29 is 13.2 Å². The lowest BCUT2D eigenvalue weighted by molar-refractivity contribution is -0.138. The number of amidine groups is 1. The largest absolute Gasteiger partial charge is 0.416 e. The molecule has 0 spiro atoms. The molecular formula is C20H25F3N6. The van der Waals surface area contributed by atoms with Crippen molar-refractivity contribution in [1.82, 2.24) is 15.5 Å². The molecule has 1 fully saturated rings. The molecule has 0 aliphatic carbocycles. The second-order valence-electron chi connectivity index (χ2n) is 6.88. The number of rotatable bonds is 4. The average molecular weight is 406 g/mol. The third-order valence-electron chi connectivity index (χ3n) is 5.05. The highest BCUT2D eigenvalue weighted by Crippen LogP contribution is 2.33. The molecular weight excluding hydrogens is 381 g/mol. The van der Waals surface area contributed by atoms with E-state index in [0.29, 0.717) is 16.8 Å². The summed E-state index contributed by atoms with van der Waals surface area (Å²) in [5, 5.41) is 6.42. The molecule has 1 aromatic carbocycles. The first-order valence-electron chi connectivity index (χ1n) is 9.33. The fraction of sp³-hybridized carbons (Fsp3) is 0.350. The van der Waals surface area contributed by atoms with E-state index < -0.39 is 11.7 Å². The molecule has 0 aromatic heterocycles. The quantitative estimate of drug-likeness (QED) is 0.453. The number of nitrogens with two attached hydrogens (primary N) is 2. The SMILES string of the molecule is Cc1c(CN=C(N)C2=CC(N3CCNCC3)=CN/C2=C/N)cccc1C(F)(F)F. The smallest absolute Gasteiger partial charge is 0.403 e. The topological polar surface area (TPSA) is 91.7 Å². The molecule has 1 saturated heterocycles. The number of hydrogen-bond donors (Lipinski definition) is 4. The Balaban J connectivity index is 1.84. The average Bonchev–Trinajstić information content (AvgIpc) is 2.72. The van der Waals surface area contributed by atoms with Gasteiger partial charge in [-0.15, -0.1) is 0 Å². The Labute approximate surface area is 167 Å². The number of aliphatic imine (C=N–C) groups is 1. The van der Waals surface area contributed by atoms with Gasteiger partial charge in [0.1, 0.15) is 5.84 Å². The van der Waals surface area contributed by atoms with Gasteiger partial charge in [0, 0.05) is 44.2 Å². The van der Waals surface area contributed by atoms with E-state index in [1.165, 1.54) is 19.2 Å². The zero-order valence-electron chi connectivity index (χ0n) is 16.2. The zero-order chi connectivity index (χ0) is 21.0. The second-order valence-corrected chi connectivity index (χ2v) is 6.88. The monoisotopic (exact) mass is 406 g/mol. The van der Waals surface area contributed by atoms with Crippen LogP contribution in [0.25, 0.3) is 0 Å². The predicted octanol–water partition coefficient (Wildman–Crippen LogP) is 1.95. The van der Waals surface area contributed by atoms with Gasteiger partial charge in [-0.3, -0.25) is 4.99 Å². The summed E-state index contributed by atoms with van der Waals surface area (Å²) in [5.74, 6) is 0.215. The van der Waals surface area contributed by atoms with Gasteiger partial charge in [0.15, 0.2) is 0 Å². The molecule has 0 radical (unpaired) electrons. The molecule has 29 heavy (non-hydrogen) atoms. The van der Waals surface area contributed by atoms with Crippen molar-refractivity contribution in [2.24, 2.45) is 16.5 Å². The summed E-state index contributed by atoms with van der Waals surface area (Å²) in [5.41, 5.74) is 14.0. The molecule has 0 bridgehead atoms. The Morgan fingerprint density at radius 1 is 1.28 bits per heavy atom. The highest BCUT2D eigenvalue weighted by atomic mass is 19.4. The van der Waals surface area contributed by atoms with Gasteiger partial charge in [0.05, 0.1) is 23.5 Å². The highest BCUT2D eigenvalue weighted by molar-refractivity contribution is 6.01. The molecule has 1 aromatic rings. The third-order valence-corrected chi connectivity index (χ3v) is 5.05. The fourth-order valence-electron chi connectivity index (χ4n) is 3.37. The molecule has 9 heteroatoms. The van der Waals surface area contributed by atoms with E-state index in [1.54, 1.807) is 6.07 Å². The predicted molar refractivity (Wildman–Crippen MR) is 108 cm³/mol. The Morgan fingerprint density at radius 3 is 2.66 bits per heavy atom. The summed E-state index contributed by atoms with van der Waals surface area (Å²) >= 11 is 0. The van der Waals surface area contributed by atoms with Crippen LogP contribution >= 0.6 is 0 Å². The van der Waals surface area contributed by atoms with Crippen molar-refractivity contribution in [3.63, 3.8) is 0 Å². The van der Waals surface area contributed by atoms with Gasteiger partial charge in [0.2, 0.25) is 0 Å². The minimum atomic E-state index is -4.40. The van der Waals surface area contributed by atoms with Gasteiger partial charge in [-0.1, -0.05) is 12.1 Å². The van der Waals surface area contributed by atoms with Crippen LogP contribution in [0.15, 0.2) is 58.6 Å². The first-order valence-corrected chi connectivity index (χ1v) is 9.33. The Morgan fingerprint density at radius 2 is 2.00 bits per heavy atom. The summed E-state index contributed by atoms with van der Waals surface area (Å²) in [6, 6.07) is 4.08. The minimum Gasteiger partial charge on any atom is -0.403 e. The molecule has 2 heterocycles. The van der Waals surface area contributed by atoms with Crippen LogP contribution in [0.5, 0.6) is 0 Å². The number of alkyl halides is 3. The lowest BCUT2D eigenvalue weighted by Gasteiger charge is -2.32. The molecule has 6 nitrogen and oxygen atoms in total. The van der Waals surface area contributed by atoms with Crippen LogP contribution in [0.3, 0.4) is 0 Å². The maximum Gasteiger partial charge on any atom is 0.416 e. The molecule has 6 N–H and O–H groups in total. The van der Waals surface area contributed by atoms with E-state index in [9.17, 15) is 13.2 Å². The first kappa shape index (κ1) is 20.8. The summed E-state index contributed by atoms with van der Waals surface area (Å²) in [4.78, 5) is 6.55. The molecule has 0 atom stereocenters. The van der Waals surface area contributed by atoms with E-state index in [-0.39, 0.29) is 17.9 Å². The van der Waals surface area contributed by atoms with Crippen molar-refractivity contribution in [2.45, 2.75) is 19.6 Å². The molecule has 0 saturated carbocycles. The van der Waals surface area contributed by atoms with Crippen LogP contribution < -0.4 is 22.1 Å². The van der Waals surface area contributed by atoms with Crippen LogP contribution in [0, 0.1) is 6.92 Å². The van der Waals surface area contributed by atoms with E-state index in [1.807, 2.05) is 12.3 Å². The van der Waals surface area contributed by atoms with Crippen LogP contribution in [0.2, 0.25) is 0 Å². The van der Waals surface area contributed by atoms with Crippen LogP contribution in [-0.4, -0.2) is 36.9 Å². The van der Waals surface area contributed by atoms with E-state index in [2.05, 4.69) is 20.5 Å². The van der Waals surface area contributed by atoms with Crippen LogP contribution in [0.1, 0.15) is 16.7 Å². The highest BCUT2D eigenvalue weighted by Gasteiger charge is 2.32. The van der Waals surface area contributed by atoms with Gasteiger partial charge in [0.25, 0.3) is 0 Å². The molecule has 3 rings (SSSR count). The van der Waals surface area contributed by atoms with Gasteiger partial charge >= 0.3 is 6.18 Å². The number of benzene rings is 1. The number of allylic oxidation sites excluding steroid dienone is 1. The van der Waals surface area contributed by atoms with Crippen molar-refractivity contribution in [2.75, 3.05) is 26.2 Å². The fourth-order valence-corrected chi connectivity index (χ4v) is 3.37. The van der Waals surface area contributed by atoms with Crippen molar-refractivity contribution in [3.05, 3.63) is 70.3 Å². The lowest BCUT2D eigenvalue weighted by atomic mass is 10.0. The number of nitrogens with zero attached hydrogens (tertiary/aromatic N) is 2. The second kappa shape index (κ2) is 8.60. The van der Waals surface area contributed by atoms with Gasteiger partial charge < -0.3 is 27.0 Å². The number of dihydropyridines is 1. The standard InChI is InChI=1S/C20H25F3N6/c1-13-14(3-2-4-17(13)20(21,22)23)11-28-19(25)16-9-15(12-27-18(16)10-24)29-7-5-26-6-8-29/h2-4,9-10,12,26-27H,5-8,11,24H2,1H3,(H2,25,28)/b18-10+. The van der Waals surface area contributed by atoms with Crippen molar-refractivity contribution in [1.29, 1.82) is 0 Å². The van der Waals surface area contributed by atoms with Crippen LogP contribution in [0.4, 0.5) is 13.2 Å². The first-order chi connectivity index (χ1) is 13.8. The van der Waals surface area contributed by atoms with E-state index >= 15 is 0 Å². The number of halogens is 3. The maximum absolute atomic E-state index is 13.1. The summed E-state index contributed by atoms with van der Waals surface area (Å²) < 4.78 is 39.4. The molecule has 0 amide bonds. The number of nitrogens with one attached hydrogen (secondary N) is 2. The zero-order valence-corrected chi connectivity index (χ0v) is 16.2. The van der Waals surface area contributed by atoms with Gasteiger partial charge in [-0.25, -0.2) is 0 Å². The minimum absolute atomic E-state index is 0.0451. The molecule has 2 aliphatic rings. The van der Waals surface area contributed by atoms with E-state index in [4.69, 9.17) is 11.5 Å². The Bertz CT molecular complexity index is 877. The Kier molecular flexibility index (Phi) is 6.17. The number of hydrogen-bond acceptors (Lipinski definition) is 5. The summed E-state index contributed by atoms with van der Waals surface area (Å²) in [7, 11) is 0. The maximum atomic E-state index is 13.1. The van der Waals surface area contributed by atoms with Gasteiger partial charge in [-0.05, 0) is 30.2 Å². The van der Waals surface area contributed by atoms with Gasteiger partial charge in [-0.2, -0.15) is 13.2 Å². The molecule has 2 aliphatic heterocycles. The third kappa shape index (κ3) is 4.73. The lowest BCUT2D eigenvalue weighted by Crippen LogP contribution is -2.43. The molecule has 0 unspecified atom stereocenters.